The second kappa shape index (κ2) is 7.87. The number of hydrogen-bond donors (Lipinski definition) is 0. The van der Waals surface area contributed by atoms with E-state index in [0.717, 1.165) is 0 Å². The predicted molar refractivity (Wildman–Crippen MR) is 72.9 cm³/mol. The Bertz CT molecular complexity index is 541. The van der Waals surface area contributed by atoms with Gasteiger partial charge in [-0.1, -0.05) is 13.8 Å². The lowest BCUT2D eigenvalue weighted by Gasteiger charge is -2.30. The molecule has 0 bridgehead atoms. The maximum Gasteiger partial charge on any atom is 0.338 e. The molecule has 1 rings (SSSR count). The molecule has 1 unspecified atom stereocenters. The van der Waals surface area contributed by atoms with Crippen LogP contribution in [0, 0.1) is 5.92 Å². The fourth-order valence-electron chi connectivity index (χ4n) is 1.74. The summed E-state index contributed by atoms with van der Waals surface area (Å²) in [5, 5.41) is 10.5. The zero-order chi connectivity index (χ0) is 17.6. The van der Waals surface area contributed by atoms with Gasteiger partial charge < -0.3 is 24.1 Å². The molecule has 128 valence electrons. The Labute approximate surface area is 132 Å². The molecule has 0 spiro atoms. The number of carbonyl (C=O) groups is 2. The number of alkyl halides is 2. The van der Waals surface area contributed by atoms with Gasteiger partial charge >= 0.3 is 11.9 Å². The SMILES string of the molecule is COCOc1ccc(C(=O)OC(C(C)C)C(F)(F)C(=O)[O-])cc1. The minimum absolute atomic E-state index is 0.0110. The van der Waals surface area contributed by atoms with Gasteiger partial charge in [0.05, 0.1) is 5.56 Å². The highest BCUT2D eigenvalue weighted by Crippen LogP contribution is 2.28. The summed E-state index contributed by atoms with van der Waals surface area (Å²) < 4.78 is 41.6. The van der Waals surface area contributed by atoms with E-state index in [0.29, 0.717) is 5.75 Å². The predicted octanol–water partition coefficient (Wildman–Crippen LogP) is 1.24. The van der Waals surface area contributed by atoms with Crippen molar-refractivity contribution in [1.82, 2.24) is 0 Å². The van der Waals surface area contributed by atoms with Crippen LogP contribution in [0.15, 0.2) is 24.3 Å². The first kappa shape index (κ1) is 18.8. The van der Waals surface area contributed by atoms with Gasteiger partial charge in [-0.25, -0.2) is 4.79 Å². The molecule has 0 aliphatic heterocycles. The molecule has 0 heterocycles. The maximum absolute atomic E-state index is 13.6. The fourth-order valence-corrected chi connectivity index (χ4v) is 1.74. The molecule has 0 aliphatic carbocycles. The summed E-state index contributed by atoms with van der Waals surface area (Å²) in [6.45, 7) is 2.64. The number of ether oxygens (including phenoxy) is 3. The summed E-state index contributed by atoms with van der Waals surface area (Å²) in [6.07, 6.45) is -2.13. The number of methoxy groups -OCH3 is 1. The van der Waals surface area contributed by atoms with Crippen LogP contribution in [0.2, 0.25) is 0 Å². The molecule has 23 heavy (non-hydrogen) atoms. The summed E-state index contributed by atoms with van der Waals surface area (Å²) in [5.74, 6) is -8.46. The van der Waals surface area contributed by atoms with E-state index in [9.17, 15) is 23.5 Å². The lowest BCUT2D eigenvalue weighted by atomic mass is 10.0. The van der Waals surface area contributed by atoms with Crippen molar-refractivity contribution in [3.8, 4) is 5.75 Å². The fraction of sp³-hybridized carbons (Fsp3) is 0.467. The van der Waals surface area contributed by atoms with Crippen molar-refractivity contribution in [3.63, 3.8) is 0 Å². The Kier molecular flexibility index (Phi) is 6.44. The van der Waals surface area contributed by atoms with Gasteiger partial charge in [-0.05, 0) is 30.2 Å². The molecular formula is C15H17F2O6-. The summed E-state index contributed by atoms with van der Waals surface area (Å²) in [5.41, 5.74) is -0.0189. The lowest BCUT2D eigenvalue weighted by Crippen LogP contribution is -2.53. The quantitative estimate of drug-likeness (QED) is 0.526. The standard InChI is InChI=1S/C15H18F2O6/c1-9(2)12(15(16,17)14(19)20)23-13(18)10-4-6-11(7-5-10)22-8-21-3/h4-7,9,12H,8H2,1-3H3,(H,19,20)/p-1. The van der Waals surface area contributed by atoms with Gasteiger partial charge in [-0.3, -0.25) is 0 Å². The van der Waals surface area contributed by atoms with E-state index >= 15 is 0 Å². The van der Waals surface area contributed by atoms with Crippen LogP contribution in [0.25, 0.3) is 0 Å². The molecular weight excluding hydrogens is 314 g/mol. The van der Waals surface area contributed by atoms with Gasteiger partial charge in [-0.2, -0.15) is 8.78 Å². The number of carboxylic acids is 1. The highest BCUT2D eigenvalue weighted by molar-refractivity contribution is 5.90. The monoisotopic (exact) mass is 331 g/mol. The molecule has 1 aromatic carbocycles. The number of hydrogen-bond acceptors (Lipinski definition) is 6. The Balaban J connectivity index is 2.85. The molecule has 0 aliphatic rings. The van der Waals surface area contributed by atoms with E-state index in [2.05, 4.69) is 4.74 Å². The van der Waals surface area contributed by atoms with Crippen molar-refractivity contribution in [3.05, 3.63) is 29.8 Å². The van der Waals surface area contributed by atoms with Crippen LogP contribution in [-0.4, -0.2) is 37.9 Å². The zero-order valence-corrected chi connectivity index (χ0v) is 12.9. The van der Waals surface area contributed by atoms with Crippen LogP contribution >= 0.6 is 0 Å². The summed E-state index contributed by atoms with van der Waals surface area (Å²) >= 11 is 0. The number of esters is 1. The summed E-state index contributed by atoms with van der Waals surface area (Å²) in [6, 6.07) is 5.47. The normalized spacial score (nSPS) is 12.8. The van der Waals surface area contributed by atoms with Crippen molar-refractivity contribution in [2.45, 2.75) is 25.9 Å². The second-order valence-electron chi connectivity index (χ2n) is 5.06. The topological polar surface area (TPSA) is 84.9 Å². The van der Waals surface area contributed by atoms with Crippen LogP contribution < -0.4 is 9.84 Å². The number of carbonyl (C=O) groups excluding carboxylic acids is 2. The van der Waals surface area contributed by atoms with Crippen LogP contribution in [0.1, 0.15) is 24.2 Å². The molecule has 1 aromatic rings. The van der Waals surface area contributed by atoms with Crippen LogP contribution in [-0.2, 0) is 14.3 Å². The van der Waals surface area contributed by atoms with E-state index in [1.54, 1.807) is 0 Å². The average Bonchev–Trinajstić information content (AvgIpc) is 2.50. The Morgan fingerprint density at radius 3 is 2.22 bits per heavy atom. The van der Waals surface area contributed by atoms with Gasteiger partial charge in [0.2, 0.25) is 0 Å². The molecule has 8 heteroatoms. The van der Waals surface area contributed by atoms with E-state index in [1.807, 2.05) is 0 Å². The molecule has 0 aromatic heterocycles. The summed E-state index contributed by atoms with van der Waals surface area (Å²) in [7, 11) is 1.44. The average molecular weight is 331 g/mol. The third kappa shape index (κ3) is 4.88. The number of aliphatic carboxylic acids is 1. The molecule has 0 fully saturated rings. The third-order valence-electron chi connectivity index (χ3n) is 2.90. The second-order valence-corrected chi connectivity index (χ2v) is 5.06. The van der Waals surface area contributed by atoms with Crippen LogP contribution in [0.4, 0.5) is 8.78 Å². The van der Waals surface area contributed by atoms with Crippen LogP contribution in [0.3, 0.4) is 0 Å². The van der Waals surface area contributed by atoms with Gasteiger partial charge in [0.25, 0.3) is 0 Å². The van der Waals surface area contributed by atoms with Crippen molar-refractivity contribution in [1.29, 1.82) is 0 Å². The number of halogens is 2. The number of carboxylic acid groups (broad SMARTS) is 1. The lowest BCUT2D eigenvalue weighted by molar-refractivity contribution is -0.337. The Hall–Kier alpha value is -2.22. The first-order chi connectivity index (χ1) is 10.7. The minimum atomic E-state index is -4.29. The van der Waals surface area contributed by atoms with Crippen molar-refractivity contribution < 1.29 is 37.7 Å². The molecule has 0 N–H and O–H groups in total. The first-order valence-corrected chi connectivity index (χ1v) is 6.72. The summed E-state index contributed by atoms with van der Waals surface area (Å²) in [4.78, 5) is 22.5. The molecule has 0 amide bonds. The highest BCUT2D eigenvalue weighted by Gasteiger charge is 2.46. The van der Waals surface area contributed by atoms with E-state index < -0.39 is 29.9 Å². The first-order valence-electron chi connectivity index (χ1n) is 6.72. The molecule has 0 saturated carbocycles. The van der Waals surface area contributed by atoms with Gasteiger partial charge in [0.15, 0.2) is 12.9 Å². The van der Waals surface area contributed by atoms with Crippen molar-refractivity contribution in [2.75, 3.05) is 13.9 Å². The minimum Gasteiger partial charge on any atom is -0.544 e. The van der Waals surface area contributed by atoms with Crippen LogP contribution in [0.5, 0.6) is 5.75 Å². The highest BCUT2D eigenvalue weighted by atomic mass is 19.3. The van der Waals surface area contributed by atoms with E-state index in [4.69, 9.17) is 9.47 Å². The van der Waals surface area contributed by atoms with Gasteiger partial charge in [0, 0.05) is 7.11 Å². The molecule has 0 radical (unpaired) electrons. The molecule has 0 saturated heterocycles. The largest absolute Gasteiger partial charge is 0.544 e. The van der Waals surface area contributed by atoms with E-state index in [-0.39, 0.29) is 12.4 Å². The smallest absolute Gasteiger partial charge is 0.338 e. The maximum atomic E-state index is 13.6. The third-order valence-corrected chi connectivity index (χ3v) is 2.90. The van der Waals surface area contributed by atoms with E-state index in [1.165, 1.54) is 45.2 Å². The zero-order valence-electron chi connectivity index (χ0n) is 12.9. The van der Waals surface area contributed by atoms with Crippen molar-refractivity contribution in [2.24, 2.45) is 5.92 Å². The molecule has 6 nitrogen and oxygen atoms in total. The molecule has 1 atom stereocenters. The van der Waals surface area contributed by atoms with Crippen molar-refractivity contribution >= 4 is 11.9 Å². The van der Waals surface area contributed by atoms with Gasteiger partial charge in [0.1, 0.15) is 11.7 Å². The van der Waals surface area contributed by atoms with Gasteiger partial charge in [-0.15, -0.1) is 0 Å². The Morgan fingerprint density at radius 1 is 1.22 bits per heavy atom. The Morgan fingerprint density at radius 2 is 1.78 bits per heavy atom. The number of benzene rings is 1. The number of rotatable bonds is 8.